The van der Waals surface area contributed by atoms with Crippen molar-refractivity contribution >= 4 is 11.9 Å². The van der Waals surface area contributed by atoms with Gasteiger partial charge in [-0.3, -0.25) is 9.59 Å². The summed E-state index contributed by atoms with van der Waals surface area (Å²) in [7, 11) is 0. The minimum absolute atomic E-state index is 0.00496. The Labute approximate surface area is 518 Å². The summed E-state index contributed by atoms with van der Waals surface area (Å²) in [6.07, 6.45) is 96.1. The van der Waals surface area contributed by atoms with Crippen molar-refractivity contribution in [3.8, 4) is 0 Å². The number of allylic oxidation sites excluding steroid dienone is 9. The van der Waals surface area contributed by atoms with Gasteiger partial charge in [0, 0.05) is 12.8 Å². The predicted molar refractivity (Wildman–Crippen MR) is 365 cm³/mol. The standard InChI is InChI=1S/C77H143NO5/c1-3-5-7-9-11-13-15-17-18-43-47-51-55-59-63-67-71-77(82)83-72-68-64-60-56-52-48-44-41-39-37-35-33-31-29-27-25-23-21-19-20-22-24-26-28-30-32-34-36-38-40-42-46-50-54-58-62-66-70-76(81)78-74(73-79)75(80)69-65-61-57-53-49-45-16-14-12-10-8-6-4-2/h13,15,18-19,21,25,27,43,65,69,74-75,79-80H,3-12,14,16-17,20,22-24,26,28-42,44-64,66-68,70-73H2,1-2H3,(H,78,81)/b15-13-,21-19-,27-25-,43-18-,69-65+. The van der Waals surface area contributed by atoms with Crippen molar-refractivity contribution in [2.24, 2.45) is 0 Å². The zero-order chi connectivity index (χ0) is 59.9. The van der Waals surface area contributed by atoms with Gasteiger partial charge in [-0.1, -0.05) is 344 Å². The van der Waals surface area contributed by atoms with Crippen molar-refractivity contribution < 1.29 is 24.5 Å². The fourth-order valence-electron chi connectivity index (χ4n) is 11.3. The van der Waals surface area contributed by atoms with E-state index < -0.39 is 12.1 Å². The lowest BCUT2D eigenvalue weighted by atomic mass is 10.0. The van der Waals surface area contributed by atoms with E-state index in [0.717, 1.165) is 57.8 Å². The number of rotatable bonds is 69. The molecule has 6 nitrogen and oxygen atoms in total. The van der Waals surface area contributed by atoms with Crippen molar-refractivity contribution in [3.63, 3.8) is 0 Å². The summed E-state index contributed by atoms with van der Waals surface area (Å²) in [4.78, 5) is 24.6. The van der Waals surface area contributed by atoms with E-state index in [1.807, 2.05) is 6.08 Å². The van der Waals surface area contributed by atoms with Crippen LogP contribution < -0.4 is 5.32 Å². The highest BCUT2D eigenvalue weighted by Gasteiger charge is 2.18. The Morgan fingerprint density at radius 3 is 0.928 bits per heavy atom. The van der Waals surface area contributed by atoms with Crippen molar-refractivity contribution in [3.05, 3.63) is 60.8 Å². The van der Waals surface area contributed by atoms with Crippen molar-refractivity contribution in [1.82, 2.24) is 5.32 Å². The third-order valence-electron chi connectivity index (χ3n) is 17.0. The summed E-state index contributed by atoms with van der Waals surface area (Å²) in [5.41, 5.74) is 0. The van der Waals surface area contributed by atoms with Gasteiger partial charge in [-0.15, -0.1) is 0 Å². The van der Waals surface area contributed by atoms with Gasteiger partial charge in [0.15, 0.2) is 0 Å². The second-order valence-electron chi connectivity index (χ2n) is 25.3. The van der Waals surface area contributed by atoms with Gasteiger partial charge in [-0.2, -0.15) is 0 Å². The van der Waals surface area contributed by atoms with Crippen LogP contribution in [0.2, 0.25) is 0 Å². The van der Waals surface area contributed by atoms with Crippen molar-refractivity contribution in [2.75, 3.05) is 13.2 Å². The fourth-order valence-corrected chi connectivity index (χ4v) is 11.3. The highest BCUT2D eigenvalue weighted by atomic mass is 16.5. The Bertz CT molecular complexity index is 1430. The smallest absolute Gasteiger partial charge is 0.305 e. The molecule has 0 spiro atoms. The van der Waals surface area contributed by atoms with Gasteiger partial charge < -0.3 is 20.3 Å². The lowest BCUT2D eigenvalue weighted by Crippen LogP contribution is -2.45. The van der Waals surface area contributed by atoms with Crippen LogP contribution in [0.5, 0.6) is 0 Å². The molecule has 0 aromatic carbocycles. The van der Waals surface area contributed by atoms with Crippen LogP contribution in [0.15, 0.2) is 60.8 Å². The van der Waals surface area contributed by atoms with Gasteiger partial charge in [0.2, 0.25) is 5.91 Å². The van der Waals surface area contributed by atoms with Crippen LogP contribution >= 0.6 is 0 Å². The second kappa shape index (κ2) is 72.0. The quantitative estimate of drug-likeness (QED) is 0.0320. The first-order chi connectivity index (χ1) is 41.0. The van der Waals surface area contributed by atoms with Gasteiger partial charge in [0.1, 0.15) is 0 Å². The van der Waals surface area contributed by atoms with Gasteiger partial charge in [0.05, 0.1) is 25.4 Å². The minimum atomic E-state index is -0.842. The van der Waals surface area contributed by atoms with Crippen LogP contribution in [-0.4, -0.2) is 47.4 Å². The summed E-state index contributed by atoms with van der Waals surface area (Å²) >= 11 is 0. The summed E-state index contributed by atoms with van der Waals surface area (Å²) in [6.45, 7) is 4.90. The van der Waals surface area contributed by atoms with Crippen molar-refractivity contribution in [2.45, 2.75) is 405 Å². The topological polar surface area (TPSA) is 95.9 Å². The number of hydrogen-bond acceptors (Lipinski definition) is 5. The average molecular weight is 1160 g/mol. The molecule has 2 unspecified atom stereocenters. The normalized spacial score (nSPS) is 12.9. The largest absolute Gasteiger partial charge is 0.466 e. The molecular weight excluding hydrogens is 1020 g/mol. The monoisotopic (exact) mass is 1160 g/mol. The molecule has 0 aliphatic rings. The lowest BCUT2D eigenvalue weighted by Gasteiger charge is -2.20. The molecule has 1 amide bonds. The zero-order valence-corrected chi connectivity index (χ0v) is 55.7. The molecule has 0 aromatic heterocycles. The number of amides is 1. The molecular formula is C77H143NO5. The summed E-state index contributed by atoms with van der Waals surface area (Å²) in [6, 6.07) is -0.626. The molecule has 6 heteroatoms. The highest BCUT2D eigenvalue weighted by molar-refractivity contribution is 5.76. The molecule has 0 aliphatic heterocycles. The number of carbonyl (C=O) groups is 2. The molecule has 0 rings (SSSR count). The number of aliphatic hydroxyl groups excluding tert-OH is 2. The van der Waals surface area contributed by atoms with E-state index in [-0.39, 0.29) is 18.5 Å². The first-order valence-electron chi connectivity index (χ1n) is 37.1. The third kappa shape index (κ3) is 68.5. The van der Waals surface area contributed by atoms with Crippen LogP contribution in [0, 0.1) is 0 Å². The molecule has 2 atom stereocenters. The van der Waals surface area contributed by atoms with E-state index in [1.165, 1.54) is 308 Å². The Morgan fingerprint density at radius 2 is 0.602 bits per heavy atom. The first-order valence-corrected chi connectivity index (χ1v) is 37.1. The van der Waals surface area contributed by atoms with Gasteiger partial charge >= 0.3 is 5.97 Å². The maximum absolute atomic E-state index is 12.5. The predicted octanol–water partition coefficient (Wildman–Crippen LogP) is 24.2. The van der Waals surface area contributed by atoms with E-state index >= 15 is 0 Å². The number of hydrogen-bond donors (Lipinski definition) is 3. The number of unbranched alkanes of at least 4 members (excludes halogenated alkanes) is 50. The Morgan fingerprint density at radius 1 is 0.337 bits per heavy atom. The number of aliphatic hydroxyl groups is 2. The van der Waals surface area contributed by atoms with Crippen LogP contribution in [0.4, 0.5) is 0 Å². The van der Waals surface area contributed by atoms with E-state index in [0.29, 0.717) is 19.4 Å². The molecule has 0 saturated carbocycles. The summed E-state index contributed by atoms with van der Waals surface area (Å²) < 4.78 is 5.49. The summed E-state index contributed by atoms with van der Waals surface area (Å²) in [5.74, 6) is -0.0595. The fraction of sp³-hybridized carbons (Fsp3) is 0.844. The Balaban J connectivity index is 3.37. The number of carbonyl (C=O) groups excluding carboxylic acids is 2. The minimum Gasteiger partial charge on any atom is -0.466 e. The van der Waals surface area contributed by atoms with Crippen LogP contribution in [0.25, 0.3) is 0 Å². The van der Waals surface area contributed by atoms with E-state index in [1.54, 1.807) is 6.08 Å². The third-order valence-corrected chi connectivity index (χ3v) is 17.0. The molecule has 0 aromatic rings. The highest BCUT2D eigenvalue weighted by Crippen LogP contribution is 2.18. The van der Waals surface area contributed by atoms with E-state index in [2.05, 4.69) is 67.8 Å². The number of esters is 1. The lowest BCUT2D eigenvalue weighted by molar-refractivity contribution is -0.143. The first kappa shape index (κ1) is 80.6. The Hall–Kier alpha value is -2.44. The summed E-state index contributed by atoms with van der Waals surface area (Å²) in [5, 5.41) is 23.1. The van der Waals surface area contributed by atoms with Gasteiger partial charge in [0.25, 0.3) is 0 Å². The zero-order valence-electron chi connectivity index (χ0n) is 55.7. The molecule has 3 N–H and O–H groups in total. The maximum Gasteiger partial charge on any atom is 0.305 e. The Kier molecular flexibility index (Phi) is 69.9. The molecule has 0 saturated heterocycles. The SMILES string of the molecule is CCCCCC/C=C\C/C=C\CCCCCCCC(=O)OCCCCCCCCCCCCCCC/C=C\C/C=C\CCCCCCCCCCCCCCCCCCCC(=O)NC(CO)C(O)/C=C/CCCCCCCCCCCCC. The van der Waals surface area contributed by atoms with Crippen LogP contribution in [0.3, 0.4) is 0 Å². The van der Waals surface area contributed by atoms with E-state index in [4.69, 9.17) is 4.74 Å². The molecule has 0 fully saturated rings. The van der Waals surface area contributed by atoms with E-state index in [9.17, 15) is 19.8 Å². The molecule has 0 aliphatic carbocycles. The molecule has 83 heavy (non-hydrogen) atoms. The molecule has 0 bridgehead atoms. The van der Waals surface area contributed by atoms with Gasteiger partial charge in [-0.05, 0) is 96.3 Å². The van der Waals surface area contributed by atoms with Crippen LogP contribution in [0.1, 0.15) is 393 Å². The van der Waals surface area contributed by atoms with Crippen LogP contribution in [-0.2, 0) is 14.3 Å². The number of ether oxygens (including phenoxy) is 1. The molecule has 486 valence electrons. The molecule has 0 radical (unpaired) electrons. The van der Waals surface area contributed by atoms with Gasteiger partial charge in [-0.25, -0.2) is 0 Å². The second-order valence-corrected chi connectivity index (χ2v) is 25.3. The average Bonchev–Trinajstić information content (AvgIpc) is 3.49. The van der Waals surface area contributed by atoms with Crippen molar-refractivity contribution in [1.29, 1.82) is 0 Å². The maximum atomic E-state index is 12.5. The number of nitrogens with one attached hydrogen (secondary N) is 1. The molecule has 0 heterocycles.